The zero-order chi connectivity index (χ0) is 26.8. The number of pyridine rings is 1. The largest absolute Gasteiger partial charge is 0.490 e. The van der Waals surface area contributed by atoms with Crippen LogP contribution < -0.4 is 14.8 Å². The number of carbonyl (C=O) groups excluding carboxylic acids is 2. The van der Waals surface area contributed by atoms with E-state index in [9.17, 15) is 9.59 Å². The molecule has 1 aromatic heterocycles. The number of amides is 1. The molecule has 0 spiro atoms. The van der Waals surface area contributed by atoms with Gasteiger partial charge < -0.3 is 19.5 Å². The summed E-state index contributed by atoms with van der Waals surface area (Å²) in [6, 6.07) is 16.8. The van der Waals surface area contributed by atoms with Gasteiger partial charge in [-0.25, -0.2) is 4.98 Å². The summed E-state index contributed by atoms with van der Waals surface area (Å²) in [4.78, 5) is 28.8. The van der Waals surface area contributed by atoms with Crippen molar-refractivity contribution in [3.63, 3.8) is 0 Å². The second-order valence-corrected chi connectivity index (χ2v) is 9.17. The predicted molar refractivity (Wildman–Crippen MR) is 145 cm³/mol. The van der Waals surface area contributed by atoms with E-state index >= 15 is 0 Å². The summed E-state index contributed by atoms with van der Waals surface area (Å²) in [5.74, 6) is 0.933. The highest BCUT2D eigenvalue weighted by atomic mass is 16.5. The highest BCUT2D eigenvalue weighted by Gasteiger charge is 2.16. The number of methoxy groups -OCH3 is 1. The molecule has 196 valence electrons. The smallest absolute Gasteiger partial charge is 0.257 e. The van der Waals surface area contributed by atoms with Crippen LogP contribution in [0, 0.1) is 0 Å². The minimum absolute atomic E-state index is 0.0892. The van der Waals surface area contributed by atoms with E-state index in [0.29, 0.717) is 35.1 Å². The lowest BCUT2D eigenvalue weighted by Crippen LogP contribution is -2.20. The molecule has 7 nitrogen and oxygen atoms in total. The van der Waals surface area contributed by atoms with Crippen LogP contribution in [-0.4, -0.2) is 42.6 Å². The predicted octanol–water partition coefficient (Wildman–Crippen LogP) is 5.91. The van der Waals surface area contributed by atoms with Gasteiger partial charge >= 0.3 is 0 Å². The summed E-state index contributed by atoms with van der Waals surface area (Å²) < 4.78 is 17.4. The van der Waals surface area contributed by atoms with Crippen molar-refractivity contribution in [3.8, 4) is 11.5 Å². The Morgan fingerprint density at radius 2 is 1.59 bits per heavy atom. The molecule has 0 aliphatic carbocycles. The van der Waals surface area contributed by atoms with Crippen molar-refractivity contribution >= 4 is 17.5 Å². The molecule has 3 aromatic rings. The lowest BCUT2D eigenvalue weighted by atomic mass is 9.99. The normalized spacial score (nSPS) is 12.5. The van der Waals surface area contributed by atoms with Gasteiger partial charge in [-0.05, 0) is 62.6 Å². The summed E-state index contributed by atoms with van der Waals surface area (Å²) in [6.45, 7) is 7.96. The number of ether oxygens (including phenoxy) is 3. The molecule has 1 amide bonds. The van der Waals surface area contributed by atoms with E-state index in [1.165, 1.54) is 24.2 Å². The Morgan fingerprint density at radius 3 is 2.19 bits per heavy atom. The molecule has 2 atom stereocenters. The zero-order valence-corrected chi connectivity index (χ0v) is 22.2. The number of hydrogen-bond acceptors (Lipinski definition) is 6. The fourth-order valence-corrected chi connectivity index (χ4v) is 4.06. The van der Waals surface area contributed by atoms with Crippen LogP contribution in [0.15, 0.2) is 60.8 Å². The molecule has 7 heteroatoms. The summed E-state index contributed by atoms with van der Waals surface area (Å²) >= 11 is 0. The van der Waals surface area contributed by atoms with Crippen LogP contribution >= 0.6 is 0 Å². The van der Waals surface area contributed by atoms with Gasteiger partial charge in [0, 0.05) is 36.9 Å². The van der Waals surface area contributed by atoms with Gasteiger partial charge in [0.1, 0.15) is 23.4 Å². The Hall–Kier alpha value is -3.71. The maximum Gasteiger partial charge on any atom is 0.257 e. The third-order valence-corrected chi connectivity index (χ3v) is 5.77. The topological polar surface area (TPSA) is 86.8 Å². The number of aryl methyl sites for hydroxylation is 1. The number of ketones is 1. The first-order valence-electron chi connectivity index (χ1n) is 12.6. The highest BCUT2D eigenvalue weighted by Crippen LogP contribution is 2.26. The van der Waals surface area contributed by atoms with Gasteiger partial charge in [0.05, 0.1) is 12.7 Å². The van der Waals surface area contributed by atoms with Gasteiger partial charge in [-0.1, -0.05) is 37.6 Å². The van der Waals surface area contributed by atoms with Crippen molar-refractivity contribution in [2.75, 3.05) is 19.0 Å². The minimum atomic E-state index is -0.362. The second kappa shape index (κ2) is 13.6. The van der Waals surface area contributed by atoms with Gasteiger partial charge in [0.15, 0.2) is 5.78 Å². The lowest BCUT2D eigenvalue weighted by Gasteiger charge is -2.20. The number of benzene rings is 2. The molecule has 1 heterocycles. The number of nitrogens with zero attached hydrogens (tertiary/aromatic N) is 1. The van der Waals surface area contributed by atoms with Gasteiger partial charge in [-0.15, -0.1) is 0 Å². The summed E-state index contributed by atoms with van der Waals surface area (Å²) in [6.07, 6.45) is 3.95. The summed E-state index contributed by atoms with van der Waals surface area (Å²) in [7, 11) is 1.61. The Morgan fingerprint density at radius 1 is 0.919 bits per heavy atom. The second-order valence-electron chi connectivity index (χ2n) is 9.17. The Kier molecular flexibility index (Phi) is 10.2. The van der Waals surface area contributed by atoms with Crippen molar-refractivity contribution in [2.24, 2.45) is 0 Å². The van der Waals surface area contributed by atoms with Gasteiger partial charge in [0.25, 0.3) is 5.91 Å². The van der Waals surface area contributed by atoms with E-state index in [0.717, 1.165) is 19.3 Å². The van der Waals surface area contributed by atoms with Crippen LogP contribution in [0.2, 0.25) is 0 Å². The third kappa shape index (κ3) is 8.43. The Labute approximate surface area is 219 Å². The molecule has 0 aliphatic rings. The molecule has 37 heavy (non-hydrogen) atoms. The molecule has 3 rings (SSSR count). The third-order valence-electron chi connectivity index (χ3n) is 5.77. The molecule has 0 radical (unpaired) electrons. The van der Waals surface area contributed by atoms with E-state index < -0.39 is 0 Å². The van der Waals surface area contributed by atoms with Gasteiger partial charge in [-0.2, -0.15) is 0 Å². The first kappa shape index (κ1) is 27.9. The van der Waals surface area contributed by atoms with Crippen LogP contribution in [0.3, 0.4) is 0 Å². The van der Waals surface area contributed by atoms with Crippen molar-refractivity contribution < 1.29 is 23.8 Å². The molecule has 0 saturated heterocycles. The van der Waals surface area contributed by atoms with Crippen molar-refractivity contribution in [3.05, 3.63) is 83.0 Å². The van der Waals surface area contributed by atoms with Crippen LogP contribution in [-0.2, 0) is 17.6 Å². The maximum absolute atomic E-state index is 13.1. The van der Waals surface area contributed by atoms with Crippen LogP contribution in [0.25, 0.3) is 0 Å². The number of anilines is 1. The molecule has 1 N–H and O–H groups in total. The average molecular weight is 505 g/mol. The molecule has 0 saturated carbocycles. The molecule has 0 bridgehead atoms. The number of Topliss-reactive ketones (excluding diaryl/α,β-unsaturated/α-hetero) is 1. The van der Waals surface area contributed by atoms with Crippen LogP contribution in [0.1, 0.15) is 66.0 Å². The SMILES string of the molecule is CCCc1ccccc1CC(C)Oc1cc(OC(C)COC)cc(C(=O)Nc2ccc(C(C)=O)cn2)c1. The number of hydrogen-bond donors (Lipinski definition) is 1. The first-order valence-corrected chi connectivity index (χ1v) is 12.6. The highest BCUT2D eigenvalue weighted by molar-refractivity contribution is 6.04. The summed E-state index contributed by atoms with van der Waals surface area (Å²) in [5.41, 5.74) is 3.43. The van der Waals surface area contributed by atoms with E-state index in [1.54, 1.807) is 37.4 Å². The van der Waals surface area contributed by atoms with Crippen molar-refractivity contribution in [2.45, 2.75) is 59.2 Å². The van der Waals surface area contributed by atoms with E-state index in [-0.39, 0.29) is 23.9 Å². The number of rotatable bonds is 13. The number of nitrogens with one attached hydrogen (secondary N) is 1. The van der Waals surface area contributed by atoms with Gasteiger partial charge in [-0.3, -0.25) is 9.59 Å². The van der Waals surface area contributed by atoms with E-state index in [4.69, 9.17) is 14.2 Å². The quantitative estimate of drug-likeness (QED) is 0.291. The first-order chi connectivity index (χ1) is 17.8. The van der Waals surface area contributed by atoms with E-state index in [1.807, 2.05) is 19.9 Å². The standard InChI is InChI=1S/C30H36N2O5/c1-6-9-23-10-7-8-11-24(23)14-20(2)36-27-15-26(16-28(17-27)37-21(3)19-35-5)30(34)32-29-13-12-25(18-31-29)22(4)33/h7-8,10-13,15-18,20-21H,6,9,14,19H2,1-5H3,(H,31,32,34). The monoisotopic (exact) mass is 504 g/mol. The zero-order valence-electron chi connectivity index (χ0n) is 22.2. The Bertz CT molecular complexity index is 1190. The number of carbonyl (C=O) groups is 2. The molecule has 0 fully saturated rings. The fraction of sp³-hybridized carbons (Fsp3) is 0.367. The van der Waals surface area contributed by atoms with Crippen molar-refractivity contribution in [1.29, 1.82) is 0 Å². The van der Waals surface area contributed by atoms with E-state index in [2.05, 4.69) is 35.4 Å². The lowest BCUT2D eigenvalue weighted by molar-refractivity contribution is 0.0913. The minimum Gasteiger partial charge on any atom is -0.490 e. The van der Waals surface area contributed by atoms with Crippen LogP contribution in [0.4, 0.5) is 5.82 Å². The fourth-order valence-electron chi connectivity index (χ4n) is 4.06. The number of aromatic nitrogens is 1. The molecular weight excluding hydrogens is 468 g/mol. The summed E-state index contributed by atoms with van der Waals surface area (Å²) in [5, 5.41) is 2.77. The van der Waals surface area contributed by atoms with Crippen LogP contribution in [0.5, 0.6) is 11.5 Å². The average Bonchev–Trinajstić information content (AvgIpc) is 2.85. The van der Waals surface area contributed by atoms with Crippen molar-refractivity contribution in [1.82, 2.24) is 4.98 Å². The Balaban J connectivity index is 1.81. The van der Waals surface area contributed by atoms with Gasteiger partial charge in [0.2, 0.25) is 0 Å². The molecule has 2 unspecified atom stereocenters. The molecular formula is C30H36N2O5. The molecule has 0 aliphatic heterocycles. The molecule has 2 aromatic carbocycles. The maximum atomic E-state index is 13.1.